The normalized spacial score (nSPS) is 21.0. The number of carbonyl (C=O) groups excluding carboxylic acids is 3. The van der Waals surface area contributed by atoms with Crippen molar-refractivity contribution in [2.75, 3.05) is 0 Å². The molecule has 0 aliphatic heterocycles. The van der Waals surface area contributed by atoms with Crippen molar-refractivity contribution < 1.29 is 68.3 Å². The van der Waals surface area contributed by atoms with Gasteiger partial charge in [0, 0.05) is 17.9 Å². The Balaban J connectivity index is 0.000000384. The molecule has 162 valence electrons. The van der Waals surface area contributed by atoms with Crippen LogP contribution < -0.4 is 15.3 Å². The Kier molecular flexibility index (Phi) is 16.3. The zero-order chi connectivity index (χ0) is 20.1. The molecule has 0 saturated heterocycles. The smallest absolute Gasteiger partial charge is 0.550 e. The third kappa shape index (κ3) is 12.3. The maximum absolute atomic E-state index is 10.2. The van der Waals surface area contributed by atoms with Gasteiger partial charge in [-0.3, -0.25) is 0 Å². The maximum Gasteiger partial charge on any atom is 3.00 e. The summed E-state index contributed by atoms with van der Waals surface area (Å²) in [5.41, 5.74) is 0. The number of aliphatic carboxylic acids is 3. The van der Waals surface area contributed by atoms with Crippen molar-refractivity contribution in [3.63, 3.8) is 0 Å². The van der Waals surface area contributed by atoms with E-state index in [-0.39, 0.29) is 56.4 Å². The van der Waals surface area contributed by atoms with Gasteiger partial charge in [-0.05, 0) is 56.3 Å². The molecule has 6 nitrogen and oxygen atoms in total. The van der Waals surface area contributed by atoms with Crippen molar-refractivity contribution in [2.24, 2.45) is 17.8 Å². The molecule has 7 heteroatoms. The maximum atomic E-state index is 10.2. The first-order chi connectivity index (χ1) is 12.9. The van der Waals surface area contributed by atoms with E-state index in [9.17, 15) is 29.7 Å². The number of hydrogen-bond donors (Lipinski definition) is 0. The van der Waals surface area contributed by atoms with Crippen molar-refractivity contribution in [2.45, 2.75) is 96.3 Å². The third-order valence-electron chi connectivity index (χ3n) is 5.82. The zero-order valence-electron chi connectivity index (χ0n) is 16.6. The van der Waals surface area contributed by atoms with Gasteiger partial charge in [-0.2, -0.15) is 0 Å². The standard InChI is InChI=1S/3C7H12O2.Tb/c3*8-7(9)6-4-2-1-3-5-6;/h3*6H,1-5H2,(H,8,9);/q;;;+3/p-3. The molecule has 0 atom stereocenters. The Bertz CT molecular complexity index is 383. The van der Waals surface area contributed by atoms with E-state index in [0.29, 0.717) is 0 Å². The molecule has 0 N–H and O–H groups in total. The van der Waals surface area contributed by atoms with Gasteiger partial charge in [0.25, 0.3) is 0 Å². The van der Waals surface area contributed by atoms with Gasteiger partial charge >= 0.3 is 38.6 Å². The van der Waals surface area contributed by atoms with Crippen molar-refractivity contribution in [1.82, 2.24) is 0 Å². The Hall–Kier alpha value is -0.304. The van der Waals surface area contributed by atoms with E-state index < -0.39 is 17.9 Å². The molecule has 3 aliphatic rings. The van der Waals surface area contributed by atoms with Crippen LogP contribution >= 0.6 is 0 Å². The molecule has 0 bridgehead atoms. The minimum absolute atomic E-state index is 0. The summed E-state index contributed by atoms with van der Waals surface area (Å²) in [5.74, 6) is -2.98. The number of carboxylic acids is 3. The average molecular weight is 540 g/mol. The average Bonchev–Trinajstić information content (AvgIpc) is 2.71. The van der Waals surface area contributed by atoms with Crippen LogP contribution in [0.2, 0.25) is 0 Å². The van der Waals surface area contributed by atoms with Crippen LogP contribution in [0.5, 0.6) is 0 Å². The van der Waals surface area contributed by atoms with Gasteiger partial charge in [-0.15, -0.1) is 0 Å². The van der Waals surface area contributed by atoms with Crippen molar-refractivity contribution in [3.8, 4) is 0 Å². The van der Waals surface area contributed by atoms with E-state index in [4.69, 9.17) is 0 Å². The van der Waals surface area contributed by atoms with Gasteiger partial charge in [-0.1, -0.05) is 57.8 Å². The Morgan fingerprint density at radius 2 is 0.607 bits per heavy atom. The molecule has 0 heterocycles. The topological polar surface area (TPSA) is 120 Å². The predicted octanol–water partition coefficient (Wildman–Crippen LogP) is 0.950. The van der Waals surface area contributed by atoms with Gasteiger partial charge in [-0.25, -0.2) is 0 Å². The van der Waals surface area contributed by atoms with E-state index in [1.807, 2.05) is 0 Å². The molecular formula is C21H33O6Tb. The van der Waals surface area contributed by atoms with E-state index in [2.05, 4.69) is 0 Å². The molecule has 3 aliphatic carbocycles. The molecule has 28 heavy (non-hydrogen) atoms. The second kappa shape index (κ2) is 16.5. The molecule has 3 fully saturated rings. The molecule has 0 aromatic heterocycles. The molecule has 0 spiro atoms. The van der Waals surface area contributed by atoms with E-state index >= 15 is 0 Å². The van der Waals surface area contributed by atoms with Crippen molar-refractivity contribution in [1.29, 1.82) is 0 Å². The number of carboxylic acid groups (broad SMARTS) is 3. The summed E-state index contributed by atoms with van der Waals surface area (Å²) in [7, 11) is 0. The predicted molar refractivity (Wildman–Crippen MR) is 94.7 cm³/mol. The quantitative estimate of drug-likeness (QED) is 0.526. The van der Waals surface area contributed by atoms with Crippen LogP contribution in [0.4, 0.5) is 0 Å². The third-order valence-corrected chi connectivity index (χ3v) is 5.82. The Morgan fingerprint density at radius 3 is 0.714 bits per heavy atom. The van der Waals surface area contributed by atoms with Crippen LogP contribution in [0, 0.1) is 56.4 Å². The first-order valence-electron chi connectivity index (χ1n) is 10.5. The summed E-state index contributed by atoms with van der Waals surface area (Å²) in [4.78, 5) is 30.7. The first-order valence-corrected chi connectivity index (χ1v) is 10.5. The monoisotopic (exact) mass is 540 g/mol. The Labute approximate surface area is 199 Å². The minimum Gasteiger partial charge on any atom is -0.550 e. The largest absolute Gasteiger partial charge is 3.00 e. The molecule has 0 aromatic rings. The van der Waals surface area contributed by atoms with Crippen LogP contribution in [0.1, 0.15) is 96.3 Å². The molecule has 0 unspecified atom stereocenters. The van der Waals surface area contributed by atoms with Crippen molar-refractivity contribution >= 4 is 17.9 Å². The number of rotatable bonds is 3. The van der Waals surface area contributed by atoms with Crippen LogP contribution in [0.3, 0.4) is 0 Å². The first kappa shape index (κ1) is 27.7. The molecule has 0 aromatic carbocycles. The molecule has 3 saturated carbocycles. The molecule has 0 radical (unpaired) electrons. The van der Waals surface area contributed by atoms with Crippen molar-refractivity contribution in [3.05, 3.63) is 0 Å². The van der Waals surface area contributed by atoms with Gasteiger partial charge in [0.05, 0.1) is 0 Å². The zero-order valence-corrected chi connectivity index (χ0v) is 18.8. The van der Waals surface area contributed by atoms with Crippen LogP contribution in [-0.2, 0) is 14.4 Å². The fourth-order valence-corrected chi connectivity index (χ4v) is 4.01. The fraction of sp³-hybridized carbons (Fsp3) is 0.857. The van der Waals surface area contributed by atoms with Crippen LogP contribution in [-0.4, -0.2) is 17.9 Å². The Morgan fingerprint density at radius 1 is 0.429 bits per heavy atom. The number of carbonyl (C=O) groups is 3. The molecule has 0 amide bonds. The molecule has 3 rings (SSSR count). The summed E-state index contributed by atoms with van der Waals surface area (Å²) >= 11 is 0. The van der Waals surface area contributed by atoms with Gasteiger partial charge in [0.1, 0.15) is 0 Å². The van der Waals surface area contributed by atoms with Crippen LogP contribution in [0.15, 0.2) is 0 Å². The summed E-state index contributed by atoms with van der Waals surface area (Å²) in [6.45, 7) is 0. The second-order valence-electron chi connectivity index (χ2n) is 7.96. The van der Waals surface area contributed by atoms with E-state index in [1.54, 1.807) is 0 Å². The van der Waals surface area contributed by atoms with E-state index in [1.165, 1.54) is 19.3 Å². The fourth-order valence-electron chi connectivity index (χ4n) is 4.01. The van der Waals surface area contributed by atoms with Gasteiger partial charge in [0.2, 0.25) is 0 Å². The second-order valence-corrected chi connectivity index (χ2v) is 7.96. The summed E-state index contributed by atoms with van der Waals surface area (Å²) in [6, 6.07) is 0. The van der Waals surface area contributed by atoms with Gasteiger partial charge < -0.3 is 29.7 Å². The number of hydrogen-bond acceptors (Lipinski definition) is 6. The summed E-state index contributed by atoms with van der Waals surface area (Å²) in [6.07, 6.45) is 15.0. The van der Waals surface area contributed by atoms with Gasteiger partial charge in [0.15, 0.2) is 0 Å². The molecular weight excluding hydrogens is 507 g/mol. The summed E-state index contributed by atoms with van der Waals surface area (Å²) < 4.78 is 0. The minimum atomic E-state index is -0.852. The SMILES string of the molecule is O=C([O-])C1CCCCC1.O=C([O-])C1CCCCC1.O=C([O-])C1CCCCC1.[Tb+3]. The summed E-state index contributed by atoms with van der Waals surface area (Å²) in [5, 5.41) is 30.7. The van der Waals surface area contributed by atoms with Crippen LogP contribution in [0.25, 0.3) is 0 Å². The van der Waals surface area contributed by atoms with E-state index in [0.717, 1.165) is 77.0 Å².